The number of hydrogen-bond acceptors (Lipinski definition) is 4. The molecule has 0 saturated carbocycles. The van der Waals surface area contributed by atoms with Crippen LogP contribution in [0.15, 0.2) is 42.6 Å². The Labute approximate surface area is 158 Å². The number of carbonyl (C=O) groups excluding carboxylic acids is 1. The lowest BCUT2D eigenvalue weighted by Gasteiger charge is -2.27. The first-order chi connectivity index (χ1) is 11.6. The Kier molecular flexibility index (Phi) is 7.05. The van der Waals surface area contributed by atoms with E-state index in [1.807, 2.05) is 0 Å². The molecule has 0 unspecified atom stereocenters. The molecule has 0 spiro atoms. The average molecular weight is 382 g/mol. The van der Waals surface area contributed by atoms with E-state index in [1.54, 1.807) is 42.6 Å². The van der Waals surface area contributed by atoms with Crippen LogP contribution in [0.2, 0.25) is 5.02 Å². The van der Waals surface area contributed by atoms with Gasteiger partial charge in [-0.3, -0.25) is 4.79 Å². The Morgan fingerprint density at radius 1 is 1.28 bits per heavy atom. The van der Waals surface area contributed by atoms with E-state index in [0.29, 0.717) is 28.4 Å². The van der Waals surface area contributed by atoms with Crippen LogP contribution in [0, 0.1) is 5.92 Å². The van der Waals surface area contributed by atoms with Gasteiger partial charge >= 0.3 is 0 Å². The number of nitrogens with one attached hydrogen (secondary N) is 2. The number of ether oxygens (including phenoxy) is 1. The second-order valence-corrected chi connectivity index (χ2v) is 6.44. The number of aromatic nitrogens is 1. The van der Waals surface area contributed by atoms with Crippen molar-refractivity contribution in [3.8, 4) is 11.6 Å². The van der Waals surface area contributed by atoms with Crippen molar-refractivity contribution in [2.45, 2.75) is 25.8 Å². The third kappa shape index (κ3) is 5.59. The highest BCUT2D eigenvalue weighted by atomic mass is 35.5. The number of pyridine rings is 1. The zero-order valence-corrected chi connectivity index (χ0v) is 15.4. The van der Waals surface area contributed by atoms with Crippen LogP contribution < -0.4 is 15.4 Å². The minimum absolute atomic E-state index is 0. The second-order valence-electron chi connectivity index (χ2n) is 6.01. The summed E-state index contributed by atoms with van der Waals surface area (Å²) >= 11 is 5.84. The molecule has 1 amide bonds. The lowest BCUT2D eigenvalue weighted by atomic mass is 9.92. The van der Waals surface area contributed by atoms with Crippen molar-refractivity contribution in [2.24, 2.45) is 5.92 Å². The molecule has 0 aliphatic carbocycles. The van der Waals surface area contributed by atoms with Gasteiger partial charge in [0.15, 0.2) is 0 Å². The van der Waals surface area contributed by atoms with Gasteiger partial charge in [0.2, 0.25) is 11.8 Å². The molecule has 0 bridgehead atoms. The van der Waals surface area contributed by atoms with Gasteiger partial charge in [-0.05, 0) is 56.6 Å². The number of rotatable bonds is 4. The molecule has 2 N–H and O–H groups in total. The normalized spacial score (nSPS) is 19.6. The molecule has 1 aromatic carbocycles. The predicted molar refractivity (Wildman–Crippen MR) is 102 cm³/mol. The van der Waals surface area contributed by atoms with Crippen molar-refractivity contribution < 1.29 is 9.53 Å². The van der Waals surface area contributed by atoms with E-state index in [1.165, 1.54) is 0 Å². The molecule has 25 heavy (non-hydrogen) atoms. The van der Waals surface area contributed by atoms with Crippen molar-refractivity contribution in [3.63, 3.8) is 0 Å². The molecule has 1 saturated heterocycles. The number of halogens is 2. The molecule has 1 fully saturated rings. The predicted octanol–water partition coefficient (Wildman–Crippen LogP) is 4.28. The summed E-state index contributed by atoms with van der Waals surface area (Å²) in [4.78, 5) is 16.5. The number of anilines is 1. The van der Waals surface area contributed by atoms with Crippen LogP contribution in [0.3, 0.4) is 0 Å². The standard InChI is InChI=1S/C18H20ClN3O2.ClH/c1-12-10-13(8-9-20-12)18(23)22-15-4-7-17(21-11-15)24-16-5-2-14(19)3-6-16;/h2-7,11-13,20H,8-10H2,1H3,(H,22,23);1H/t12-,13-;/m0./s1. The molecule has 2 heterocycles. The Morgan fingerprint density at radius 2 is 2.04 bits per heavy atom. The van der Waals surface area contributed by atoms with Gasteiger partial charge in [-0.1, -0.05) is 11.6 Å². The smallest absolute Gasteiger partial charge is 0.227 e. The first kappa shape index (κ1) is 19.5. The monoisotopic (exact) mass is 381 g/mol. The Hall–Kier alpha value is -1.82. The van der Waals surface area contributed by atoms with E-state index in [0.717, 1.165) is 19.4 Å². The maximum absolute atomic E-state index is 12.3. The number of benzene rings is 1. The van der Waals surface area contributed by atoms with E-state index >= 15 is 0 Å². The fourth-order valence-corrected chi connectivity index (χ4v) is 2.88. The number of nitrogens with zero attached hydrogens (tertiary/aromatic N) is 1. The largest absolute Gasteiger partial charge is 0.439 e. The maximum atomic E-state index is 12.3. The van der Waals surface area contributed by atoms with Gasteiger partial charge in [-0.2, -0.15) is 0 Å². The van der Waals surface area contributed by atoms with Crippen LogP contribution in [0.1, 0.15) is 19.8 Å². The summed E-state index contributed by atoms with van der Waals surface area (Å²) in [5, 5.41) is 6.93. The molecule has 134 valence electrons. The highest BCUT2D eigenvalue weighted by Gasteiger charge is 2.24. The van der Waals surface area contributed by atoms with Crippen molar-refractivity contribution in [1.82, 2.24) is 10.3 Å². The van der Waals surface area contributed by atoms with Gasteiger partial charge in [-0.25, -0.2) is 4.98 Å². The van der Waals surface area contributed by atoms with Crippen molar-refractivity contribution in [3.05, 3.63) is 47.6 Å². The van der Waals surface area contributed by atoms with Crippen LogP contribution in [0.4, 0.5) is 5.69 Å². The first-order valence-electron chi connectivity index (χ1n) is 8.04. The summed E-state index contributed by atoms with van der Waals surface area (Å²) in [7, 11) is 0. The van der Waals surface area contributed by atoms with Gasteiger partial charge in [0, 0.05) is 23.0 Å². The quantitative estimate of drug-likeness (QED) is 0.829. The summed E-state index contributed by atoms with van der Waals surface area (Å²) in [6.07, 6.45) is 3.33. The molecule has 5 nitrogen and oxygen atoms in total. The zero-order chi connectivity index (χ0) is 16.9. The number of amides is 1. The molecule has 1 aliphatic rings. The Morgan fingerprint density at radius 3 is 2.68 bits per heavy atom. The molecular formula is C18H21Cl2N3O2. The number of carbonyl (C=O) groups is 1. The van der Waals surface area contributed by atoms with Crippen LogP contribution in [0.5, 0.6) is 11.6 Å². The average Bonchev–Trinajstić information content (AvgIpc) is 2.59. The molecule has 1 aromatic heterocycles. The summed E-state index contributed by atoms with van der Waals surface area (Å²) in [5.41, 5.74) is 0.676. The van der Waals surface area contributed by atoms with Crippen molar-refractivity contribution in [2.75, 3.05) is 11.9 Å². The van der Waals surface area contributed by atoms with Crippen LogP contribution >= 0.6 is 24.0 Å². The lowest BCUT2D eigenvalue weighted by Crippen LogP contribution is -2.40. The van der Waals surface area contributed by atoms with E-state index in [2.05, 4.69) is 22.5 Å². The molecule has 7 heteroatoms. The summed E-state index contributed by atoms with van der Waals surface area (Å²) in [6, 6.07) is 11.0. The van der Waals surface area contributed by atoms with E-state index < -0.39 is 0 Å². The van der Waals surface area contributed by atoms with Crippen LogP contribution in [0.25, 0.3) is 0 Å². The Balaban J connectivity index is 0.00000225. The van der Waals surface area contributed by atoms with Gasteiger partial charge in [0.1, 0.15) is 5.75 Å². The topological polar surface area (TPSA) is 63.2 Å². The van der Waals surface area contributed by atoms with Gasteiger partial charge in [0.25, 0.3) is 0 Å². The fourth-order valence-electron chi connectivity index (χ4n) is 2.75. The maximum Gasteiger partial charge on any atom is 0.227 e. The van der Waals surface area contributed by atoms with Crippen LogP contribution in [-0.4, -0.2) is 23.5 Å². The van der Waals surface area contributed by atoms with Gasteiger partial charge < -0.3 is 15.4 Å². The minimum Gasteiger partial charge on any atom is -0.439 e. The molecular weight excluding hydrogens is 361 g/mol. The lowest BCUT2D eigenvalue weighted by molar-refractivity contribution is -0.120. The molecule has 2 aromatic rings. The summed E-state index contributed by atoms with van der Waals surface area (Å²) in [6.45, 7) is 2.98. The molecule has 3 rings (SSSR count). The first-order valence-corrected chi connectivity index (χ1v) is 8.41. The second kappa shape index (κ2) is 9.04. The number of piperidine rings is 1. The summed E-state index contributed by atoms with van der Waals surface area (Å²) in [5.74, 6) is 1.22. The van der Waals surface area contributed by atoms with E-state index in [-0.39, 0.29) is 24.2 Å². The third-order valence-corrected chi connectivity index (χ3v) is 4.29. The molecule has 2 atom stereocenters. The van der Waals surface area contributed by atoms with E-state index in [9.17, 15) is 4.79 Å². The highest BCUT2D eigenvalue weighted by molar-refractivity contribution is 6.30. The third-order valence-electron chi connectivity index (χ3n) is 4.03. The highest BCUT2D eigenvalue weighted by Crippen LogP contribution is 2.23. The van der Waals surface area contributed by atoms with Crippen LogP contribution in [-0.2, 0) is 4.79 Å². The summed E-state index contributed by atoms with van der Waals surface area (Å²) < 4.78 is 5.63. The molecule has 1 aliphatic heterocycles. The van der Waals surface area contributed by atoms with Crippen molar-refractivity contribution >= 4 is 35.6 Å². The number of hydrogen-bond donors (Lipinski definition) is 2. The SMILES string of the molecule is C[C@H]1C[C@@H](C(=O)Nc2ccc(Oc3ccc(Cl)cc3)nc2)CCN1.Cl. The fraction of sp³-hybridized carbons (Fsp3) is 0.333. The van der Waals surface area contributed by atoms with E-state index in [4.69, 9.17) is 16.3 Å². The van der Waals surface area contributed by atoms with Gasteiger partial charge in [0.05, 0.1) is 11.9 Å². The molecule has 0 radical (unpaired) electrons. The van der Waals surface area contributed by atoms with Gasteiger partial charge in [-0.15, -0.1) is 12.4 Å². The zero-order valence-electron chi connectivity index (χ0n) is 13.9. The minimum atomic E-state index is 0. The Bertz CT molecular complexity index is 692. The van der Waals surface area contributed by atoms with Crippen molar-refractivity contribution in [1.29, 1.82) is 0 Å².